The Labute approximate surface area is 135 Å². The lowest BCUT2D eigenvalue weighted by Gasteiger charge is -2.33. The number of ketones is 1. The van der Waals surface area contributed by atoms with Crippen molar-refractivity contribution in [3.8, 4) is 0 Å². The van der Waals surface area contributed by atoms with E-state index in [2.05, 4.69) is 6.92 Å². The Balaban J connectivity index is 2.99. The van der Waals surface area contributed by atoms with Gasteiger partial charge in [-0.1, -0.05) is 27.2 Å². The zero-order chi connectivity index (χ0) is 16.3. The van der Waals surface area contributed by atoms with Crippen LogP contribution in [0.2, 0.25) is 0 Å². The molecule has 0 heterocycles. The molecule has 0 unspecified atom stereocenters. The second kappa shape index (κ2) is 7.33. The first-order valence-electron chi connectivity index (χ1n) is 7.19. The number of nitrogens with zero attached hydrogens (tertiary/aromatic N) is 1. The highest BCUT2D eigenvalue weighted by Gasteiger charge is 2.45. The third kappa shape index (κ3) is 6.16. The number of carbonyl (C=O) groups excluding carboxylic acids is 1. The van der Waals surface area contributed by atoms with Crippen LogP contribution in [0.3, 0.4) is 0 Å². The molecule has 0 atom stereocenters. The normalized spacial score (nSPS) is 19.1. The third-order valence-corrected chi connectivity index (χ3v) is 6.68. The minimum absolute atomic E-state index is 0.0679. The van der Waals surface area contributed by atoms with E-state index in [9.17, 15) is 18.0 Å². The molecule has 0 aromatic carbocycles. The van der Waals surface area contributed by atoms with E-state index in [1.165, 1.54) is 0 Å². The number of alkyl halides is 4. The molecule has 21 heavy (non-hydrogen) atoms. The van der Waals surface area contributed by atoms with E-state index in [1.807, 2.05) is 25.8 Å². The van der Waals surface area contributed by atoms with Crippen LogP contribution >= 0.6 is 0 Å². The number of hydrogen-bond donors (Lipinski definition) is 0. The summed E-state index contributed by atoms with van der Waals surface area (Å²) < 4.78 is 37.2. The molecule has 0 saturated heterocycles. The van der Waals surface area contributed by atoms with E-state index in [0.717, 1.165) is 25.1 Å². The van der Waals surface area contributed by atoms with Crippen molar-refractivity contribution in [2.24, 2.45) is 5.41 Å². The Kier molecular flexibility index (Phi) is 6.55. The largest absolute Gasteiger partial charge is 0.432 e. The summed E-state index contributed by atoms with van der Waals surface area (Å²) in [6, 6.07) is 0. The topological polar surface area (TPSA) is 20.3 Å². The molecule has 1 aliphatic carbocycles. The molecule has 0 amide bonds. The van der Waals surface area contributed by atoms with Crippen molar-refractivity contribution in [3.63, 3.8) is 0 Å². The van der Waals surface area contributed by atoms with E-state index in [0.29, 0.717) is 16.4 Å². The molecule has 0 saturated carbocycles. The van der Waals surface area contributed by atoms with Gasteiger partial charge < -0.3 is 4.90 Å². The fourth-order valence-corrected chi connectivity index (χ4v) is 4.87. The highest BCUT2D eigenvalue weighted by atomic mass is 127. The second-order valence-electron chi connectivity index (χ2n) is 6.36. The van der Waals surface area contributed by atoms with Gasteiger partial charge in [0.05, 0.1) is 5.70 Å². The van der Waals surface area contributed by atoms with Crippen molar-refractivity contribution in [3.05, 3.63) is 9.28 Å². The van der Waals surface area contributed by atoms with Gasteiger partial charge in [0, 0.05) is 20.0 Å². The molecular weight excluding hydrogens is 394 g/mol. The molecule has 0 aromatic rings. The molecule has 0 aromatic heterocycles. The molecule has 0 aliphatic heterocycles. The van der Waals surface area contributed by atoms with Crippen LogP contribution in [-0.4, -0.2) is 34.9 Å². The van der Waals surface area contributed by atoms with Gasteiger partial charge in [-0.2, -0.15) is 13.2 Å². The van der Waals surface area contributed by atoms with Crippen molar-refractivity contribution in [1.29, 1.82) is 0 Å². The number of rotatable bonds is 6. The van der Waals surface area contributed by atoms with Crippen LogP contribution in [0.15, 0.2) is 9.28 Å². The summed E-state index contributed by atoms with van der Waals surface area (Å²) in [5.74, 6) is -0.0679. The molecule has 0 spiro atoms. The van der Waals surface area contributed by atoms with Crippen LogP contribution in [0.25, 0.3) is 0 Å². The minimum atomic E-state index is -4.17. The Bertz CT molecular complexity index is 416. The average Bonchev–Trinajstić information content (AvgIpc) is 2.31. The monoisotopic (exact) mass is 418 g/mol. The fourth-order valence-electron chi connectivity index (χ4n) is 2.39. The van der Waals surface area contributed by atoms with Gasteiger partial charge in [-0.25, -0.2) is 0 Å². The summed E-state index contributed by atoms with van der Waals surface area (Å²) in [6.07, 6.45) is -1.08. The van der Waals surface area contributed by atoms with Crippen LogP contribution < -0.4 is 21.2 Å². The van der Waals surface area contributed by atoms with Crippen molar-refractivity contribution in [2.75, 3.05) is 18.0 Å². The smallest absolute Gasteiger partial charge is 0.374 e. The highest BCUT2D eigenvalue weighted by molar-refractivity contribution is 5.94. The lowest BCUT2D eigenvalue weighted by atomic mass is 9.78. The van der Waals surface area contributed by atoms with Crippen LogP contribution in [-0.2, 0) is 4.79 Å². The molecule has 0 bridgehead atoms. The zero-order valence-corrected chi connectivity index (χ0v) is 15.3. The molecule has 0 N–H and O–H groups in total. The quantitative estimate of drug-likeness (QED) is 0.474. The van der Waals surface area contributed by atoms with Gasteiger partial charge in [0.1, 0.15) is 0 Å². The molecule has 2 nitrogen and oxygen atoms in total. The van der Waals surface area contributed by atoms with Crippen LogP contribution in [0.4, 0.5) is 13.2 Å². The fraction of sp³-hybridized carbons (Fsp3) is 0.800. The summed E-state index contributed by atoms with van der Waals surface area (Å²) in [5, 5.41) is 0. The molecule has 122 valence electrons. The van der Waals surface area contributed by atoms with Gasteiger partial charge >= 0.3 is 27.4 Å². The number of allylic oxidation sites excluding steroid dienone is 2. The van der Waals surface area contributed by atoms with Crippen LogP contribution in [0.5, 0.6) is 0 Å². The van der Waals surface area contributed by atoms with Gasteiger partial charge in [0.2, 0.25) is 13.8 Å². The predicted molar refractivity (Wildman–Crippen MR) is 73.5 cm³/mol. The summed E-state index contributed by atoms with van der Waals surface area (Å²) in [7, 11) is 1.90. The summed E-state index contributed by atoms with van der Waals surface area (Å²) >= 11 is -1.29. The average molecular weight is 418 g/mol. The highest BCUT2D eigenvalue weighted by Crippen LogP contribution is 2.35. The van der Waals surface area contributed by atoms with Crippen molar-refractivity contribution >= 4 is 5.78 Å². The molecule has 1 rings (SSSR count). The van der Waals surface area contributed by atoms with Gasteiger partial charge in [-0.3, -0.25) is 4.79 Å². The summed E-state index contributed by atoms with van der Waals surface area (Å²) in [5.41, 5.74) is 0.708. The van der Waals surface area contributed by atoms with Crippen LogP contribution in [0, 0.1) is 5.41 Å². The molecular formula is C15H24F3INO+. The maximum Gasteiger partial charge on any atom is 0.432 e. The number of unbranched alkanes of at least 4 members (excludes halogenated alkanes) is 1. The Morgan fingerprint density at radius 3 is 2.43 bits per heavy atom. The SMILES string of the molecule is CCCCN(C)C1=C([I+]CC(F)(F)F)C(=O)CC(C)(C)C1. The molecule has 0 radical (unpaired) electrons. The van der Waals surface area contributed by atoms with Gasteiger partial charge in [-0.15, -0.1) is 0 Å². The number of Topliss-reactive ketones (excluding diaryl/α,β-unsaturated/α-hetero) is 1. The second-order valence-corrected chi connectivity index (χ2v) is 8.96. The Morgan fingerprint density at radius 1 is 1.29 bits per heavy atom. The first-order chi connectivity index (χ1) is 9.56. The predicted octanol–water partition coefficient (Wildman–Crippen LogP) is 0.970. The van der Waals surface area contributed by atoms with E-state index in [1.54, 1.807) is 0 Å². The molecule has 1 aliphatic rings. The van der Waals surface area contributed by atoms with Crippen LogP contribution in [0.1, 0.15) is 46.5 Å². The number of hydrogen-bond acceptors (Lipinski definition) is 2. The lowest BCUT2D eigenvalue weighted by Crippen LogP contribution is -3.63. The zero-order valence-electron chi connectivity index (χ0n) is 13.1. The van der Waals surface area contributed by atoms with E-state index in [4.69, 9.17) is 0 Å². The van der Waals surface area contributed by atoms with Crippen molar-refractivity contribution in [1.82, 2.24) is 4.90 Å². The van der Waals surface area contributed by atoms with Gasteiger partial charge in [-0.05, 0) is 18.3 Å². The maximum atomic E-state index is 12.5. The summed E-state index contributed by atoms with van der Waals surface area (Å²) in [6.45, 7) is 6.90. The maximum absolute atomic E-state index is 12.5. The van der Waals surface area contributed by atoms with E-state index >= 15 is 0 Å². The first-order valence-corrected chi connectivity index (χ1v) is 9.79. The van der Waals surface area contributed by atoms with E-state index in [-0.39, 0.29) is 11.2 Å². The van der Waals surface area contributed by atoms with Gasteiger partial charge in [0.25, 0.3) is 0 Å². The molecule has 0 fully saturated rings. The standard InChI is InChI=1S/C15H24F3INO/c1-5-6-7-20(4)11-8-14(2,3)9-12(21)13(11)19-10-15(16,17)18/h5-10H2,1-4H3/q+1. The van der Waals surface area contributed by atoms with Crippen molar-refractivity contribution < 1.29 is 39.2 Å². The Morgan fingerprint density at radius 2 is 1.90 bits per heavy atom. The van der Waals surface area contributed by atoms with Crippen molar-refractivity contribution in [2.45, 2.75) is 52.6 Å². The summed E-state index contributed by atoms with van der Waals surface area (Å²) in [4.78, 5) is 14.3. The van der Waals surface area contributed by atoms with E-state index < -0.39 is 31.8 Å². The first kappa shape index (κ1) is 18.8. The minimum Gasteiger partial charge on any atom is -0.374 e. The lowest BCUT2D eigenvalue weighted by molar-refractivity contribution is -0.627. The Hall–Kier alpha value is -0.270. The number of halogens is 4. The number of carbonyl (C=O) groups is 1. The molecule has 6 heteroatoms. The van der Waals surface area contributed by atoms with Gasteiger partial charge in [0.15, 0.2) is 0 Å². The third-order valence-electron chi connectivity index (χ3n) is 3.44.